The van der Waals surface area contributed by atoms with E-state index in [1.807, 2.05) is 67.6 Å². The van der Waals surface area contributed by atoms with Crippen molar-refractivity contribution in [2.45, 2.75) is 31.5 Å². The number of benzene rings is 2. The first-order valence-corrected chi connectivity index (χ1v) is 6.58. The normalized spacial score (nSPS) is 14.9. The van der Waals surface area contributed by atoms with Crippen molar-refractivity contribution in [3.8, 4) is 0 Å². The second-order valence-corrected chi connectivity index (χ2v) is 5.07. The van der Waals surface area contributed by atoms with Gasteiger partial charge in [-0.1, -0.05) is 67.6 Å². The van der Waals surface area contributed by atoms with Gasteiger partial charge in [-0.15, -0.1) is 0 Å². The van der Waals surface area contributed by atoms with Crippen LogP contribution in [0.4, 0.5) is 0 Å². The lowest BCUT2D eigenvalue weighted by molar-refractivity contribution is -0.123. The molecule has 0 aliphatic heterocycles. The lowest BCUT2D eigenvalue weighted by Crippen LogP contribution is -2.50. The number of aliphatic hydroxyl groups is 2. The molecule has 2 heteroatoms. The molecular weight excluding hydrogens is 236 g/mol. The van der Waals surface area contributed by atoms with Crippen LogP contribution in [0.1, 0.15) is 31.4 Å². The van der Waals surface area contributed by atoms with Gasteiger partial charge in [0, 0.05) is 0 Å². The van der Waals surface area contributed by atoms with Crippen molar-refractivity contribution in [1.29, 1.82) is 0 Å². The average molecular weight is 256 g/mol. The smallest absolute Gasteiger partial charge is 0.143 e. The second kappa shape index (κ2) is 5.16. The molecular formula is C17H20O2. The summed E-state index contributed by atoms with van der Waals surface area (Å²) >= 11 is 0. The van der Waals surface area contributed by atoms with Crippen LogP contribution >= 0.6 is 0 Å². The Hall–Kier alpha value is -1.64. The van der Waals surface area contributed by atoms with Gasteiger partial charge in [0.15, 0.2) is 0 Å². The maximum absolute atomic E-state index is 11.2. The van der Waals surface area contributed by atoms with Gasteiger partial charge in [0.05, 0.1) is 5.60 Å². The zero-order valence-corrected chi connectivity index (χ0v) is 11.4. The molecule has 0 radical (unpaired) electrons. The molecule has 0 fully saturated rings. The number of hydrogen-bond acceptors (Lipinski definition) is 2. The van der Waals surface area contributed by atoms with Crippen LogP contribution < -0.4 is 0 Å². The Morgan fingerprint density at radius 2 is 1.16 bits per heavy atom. The molecule has 0 saturated heterocycles. The SMILES string of the molecule is CCC(C)(O)C(O)(c1ccccc1)c1ccccc1. The molecule has 2 aromatic carbocycles. The zero-order chi connectivity index (χ0) is 13.9. The van der Waals surface area contributed by atoms with Gasteiger partial charge < -0.3 is 10.2 Å². The average Bonchev–Trinajstić information content (AvgIpc) is 2.48. The molecule has 0 saturated carbocycles. The fraction of sp³-hybridized carbons (Fsp3) is 0.294. The van der Waals surface area contributed by atoms with Crippen molar-refractivity contribution in [3.63, 3.8) is 0 Å². The Morgan fingerprint density at radius 3 is 1.47 bits per heavy atom. The van der Waals surface area contributed by atoms with Crippen LogP contribution in [0.25, 0.3) is 0 Å². The summed E-state index contributed by atoms with van der Waals surface area (Å²) in [5.74, 6) is 0. The molecule has 1 atom stereocenters. The molecule has 0 heterocycles. The summed E-state index contributed by atoms with van der Waals surface area (Å²) in [5, 5.41) is 21.9. The minimum Gasteiger partial charge on any atom is -0.386 e. The van der Waals surface area contributed by atoms with Crippen molar-refractivity contribution < 1.29 is 10.2 Å². The molecule has 0 spiro atoms. The van der Waals surface area contributed by atoms with Crippen LogP contribution in [0.15, 0.2) is 60.7 Å². The van der Waals surface area contributed by atoms with Gasteiger partial charge >= 0.3 is 0 Å². The summed E-state index contributed by atoms with van der Waals surface area (Å²) in [6.07, 6.45) is 0.452. The second-order valence-electron chi connectivity index (χ2n) is 5.07. The van der Waals surface area contributed by atoms with Gasteiger partial charge in [-0.25, -0.2) is 0 Å². The highest BCUT2D eigenvalue weighted by Gasteiger charge is 2.47. The lowest BCUT2D eigenvalue weighted by Gasteiger charge is -2.41. The third-order valence-corrected chi connectivity index (χ3v) is 3.85. The summed E-state index contributed by atoms with van der Waals surface area (Å²) in [4.78, 5) is 0. The summed E-state index contributed by atoms with van der Waals surface area (Å²) in [7, 11) is 0. The number of hydrogen-bond donors (Lipinski definition) is 2. The van der Waals surface area contributed by atoms with Crippen molar-refractivity contribution in [2.75, 3.05) is 0 Å². The number of rotatable bonds is 4. The van der Waals surface area contributed by atoms with E-state index < -0.39 is 11.2 Å². The fourth-order valence-electron chi connectivity index (χ4n) is 2.40. The Kier molecular flexibility index (Phi) is 3.74. The quantitative estimate of drug-likeness (QED) is 0.882. The first-order chi connectivity index (χ1) is 9.02. The van der Waals surface area contributed by atoms with Crippen molar-refractivity contribution in [2.24, 2.45) is 0 Å². The Morgan fingerprint density at radius 1 is 0.789 bits per heavy atom. The van der Waals surface area contributed by atoms with Crippen LogP contribution in [0.3, 0.4) is 0 Å². The van der Waals surface area contributed by atoms with E-state index in [1.54, 1.807) is 6.92 Å². The largest absolute Gasteiger partial charge is 0.386 e. The van der Waals surface area contributed by atoms with Crippen LogP contribution in [-0.4, -0.2) is 15.8 Å². The van der Waals surface area contributed by atoms with E-state index in [0.29, 0.717) is 17.5 Å². The maximum Gasteiger partial charge on any atom is 0.143 e. The van der Waals surface area contributed by atoms with Gasteiger partial charge in [0.25, 0.3) is 0 Å². The molecule has 2 N–H and O–H groups in total. The third-order valence-electron chi connectivity index (χ3n) is 3.85. The van der Waals surface area contributed by atoms with Crippen molar-refractivity contribution in [3.05, 3.63) is 71.8 Å². The predicted octanol–water partition coefficient (Wildman–Crippen LogP) is 3.08. The molecule has 0 bridgehead atoms. The fourth-order valence-corrected chi connectivity index (χ4v) is 2.40. The lowest BCUT2D eigenvalue weighted by atomic mass is 9.72. The van der Waals surface area contributed by atoms with Crippen LogP contribution in [-0.2, 0) is 5.60 Å². The molecule has 2 rings (SSSR count). The first kappa shape index (κ1) is 13.8. The van der Waals surface area contributed by atoms with Gasteiger partial charge in [-0.3, -0.25) is 0 Å². The van der Waals surface area contributed by atoms with Crippen molar-refractivity contribution >= 4 is 0 Å². The van der Waals surface area contributed by atoms with E-state index in [-0.39, 0.29) is 0 Å². The van der Waals surface area contributed by atoms with Crippen LogP contribution in [0, 0.1) is 0 Å². The summed E-state index contributed by atoms with van der Waals surface area (Å²) in [6, 6.07) is 18.7. The Balaban J connectivity index is 2.65. The minimum absolute atomic E-state index is 0.452. The monoisotopic (exact) mass is 256 g/mol. The third kappa shape index (κ3) is 2.29. The van der Waals surface area contributed by atoms with E-state index >= 15 is 0 Å². The van der Waals surface area contributed by atoms with Gasteiger partial charge in [-0.2, -0.15) is 0 Å². The molecule has 0 aliphatic rings. The van der Waals surface area contributed by atoms with E-state index in [4.69, 9.17) is 0 Å². The van der Waals surface area contributed by atoms with Crippen molar-refractivity contribution in [1.82, 2.24) is 0 Å². The Bertz CT molecular complexity index is 478. The standard InChI is InChI=1S/C17H20O2/c1-3-16(2,18)17(19,14-10-6-4-7-11-14)15-12-8-5-9-13-15/h4-13,18-19H,3H2,1-2H3. The zero-order valence-electron chi connectivity index (χ0n) is 11.4. The highest BCUT2D eigenvalue weighted by Crippen LogP contribution is 2.40. The molecule has 0 aromatic heterocycles. The van der Waals surface area contributed by atoms with E-state index in [1.165, 1.54) is 0 Å². The van der Waals surface area contributed by atoms with Crippen LogP contribution in [0.5, 0.6) is 0 Å². The minimum atomic E-state index is -1.41. The van der Waals surface area contributed by atoms with Gasteiger partial charge in [-0.05, 0) is 24.5 Å². The molecule has 2 nitrogen and oxygen atoms in total. The topological polar surface area (TPSA) is 40.5 Å². The van der Waals surface area contributed by atoms with Gasteiger partial charge in [0.1, 0.15) is 5.60 Å². The molecule has 0 aliphatic carbocycles. The summed E-state index contributed by atoms with van der Waals surface area (Å²) in [5.41, 5.74) is -1.25. The van der Waals surface area contributed by atoms with E-state index in [2.05, 4.69) is 0 Å². The maximum atomic E-state index is 11.2. The first-order valence-electron chi connectivity index (χ1n) is 6.58. The molecule has 2 aromatic rings. The highest BCUT2D eigenvalue weighted by molar-refractivity contribution is 5.39. The van der Waals surface area contributed by atoms with E-state index in [9.17, 15) is 10.2 Å². The summed E-state index contributed by atoms with van der Waals surface area (Å²) in [6.45, 7) is 3.55. The van der Waals surface area contributed by atoms with Gasteiger partial charge in [0.2, 0.25) is 0 Å². The molecule has 0 amide bonds. The van der Waals surface area contributed by atoms with Crippen LogP contribution in [0.2, 0.25) is 0 Å². The van der Waals surface area contributed by atoms with E-state index in [0.717, 1.165) is 0 Å². The molecule has 1 unspecified atom stereocenters. The predicted molar refractivity (Wildman–Crippen MR) is 76.8 cm³/mol. The molecule has 19 heavy (non-hydrogen) atoms. The highest BCUT2D eigenvalue weighted by atomic mass is 16.4. The molecule has 100 valence electrons. The Labute approximate surface area is 114 Å². The summed E-state index contributed by atoms with van der Waals surface area (Å²) < 4.78 is 0.